The second-order valence-electron chi connectivity index (χ2n) is 4.14. The minimum atomic E-state index is 0.586. The van der Waals surface area contributed by atoms with Crippen molar-refractivity contribution in [1.29, 1.82) is 0 Å². The second kappa shape index (κ2) is 6.39. The Morgan fingerprint density at radius 2 is 1.78 bits per heavy atom. The summed E-state index contributed by atoms with van der Waals surface area (Å²) < 4.78 is 6.90. The van der Waals surface area contributed by atoms with E-state index in [1.54, 1.807) is 0 Å². The van der Waals surface area contributed by atoms with E-state index >= 15 is 0 Å². The van der Waals surface area contributed by atoms with Crippen molar-refractivity contribution < 1.29 is 4.74 Å². The van der Waals surface area contributed by atoms with Crippen LogP contribution in [0.4, 0.5) is 0 Å². The molecule has 0 heterocycles. The van der Waals surface area contributed by atoms with Crippen LogP contribution in [-0.2, 0) is 11.9 Å². The van der Waals surface area contributed by atoms with Crippen LogP contribution in [0.5, 0.6) is 5.75 Å². The molecule has 0 N–H and O–H groups in total. The molecule has 0 fully saturated rings. The highest BCUT2D eigenvalue weighted by Gasteiger charge is 2.07. The third kappa shape index (κ3) is 3.36. The minimum absolute atomic E-state index is 0.586. The van der Waals surface area contributed by atoms with Crippen molar-refractivity contribution in [2.75, 3.05) is 0 Å². The maximum absolute atomic E-state index is 5.91. The summed E-state index contributed by atoms with van der Waals surface area (Å²) in [6.45, 7) is 2.67. The van der Waals surface area contributed by atoms with E-state index in [2.05, 4.69) is 69.1 Å². The summed E-state index contributed by atoms with van der Waals surface area (Å²) in [5.74, 6) is 0.912. The Bertz CT molecular complexity index is 521. The molecule has 0 spiro atoms. The zero-order valence-electron chi connectivity index (χ0n) is 10.1. The lowest BCUT2D eigenvalue weighted by molar-refractivity contribution is 0.302. The van der Waals surface area contributed by atoms with Crippen LogP contribution < -0.4 is 4.74 Å². The van der Waals surface area contributed by atoms with E-state index in [1.165, 1.54) is 11.1 Å². The Balaban J connectivity index is 2.12. The molecule has 0 radical (unpaired) electrons. The summed E-state index contributed by atoms with van der Waals surface area (Å²) in [7, 11) is 0. The number of halogens is 2. The molecule has 1 nitrogen and oxygen atoms in total. The summed E-state index contributed by atoms with van der Waals surface area (Å²) in [4.78, 5) is 0. The Labute approximate surface area is 124 Å². The van der Waals surface area contributed by atoms with Gasteiger partial charge in [0.2, 0.25) is 0 Å². The Kier molecular flexibility index (Phi) is 4.84. The van der Waals surface area contributed by atoms with E-state index in [0.29, 0.717) is 6.61 Å². The van der Waals surface area contributed by atoms with Gasteiger partial charge in [-0.05, 0) is 34.5 Å². The van der Waals surface area contributed by atoms with Gasteiger partial charge in [0.25, 0.3) is 0 Å². The normalized spacial score (nSPS) is 10.4. The number of rotatable bonds is 4. The highest BCUT2D eigenvalue weighted by Crippen LogP contribution is 2.31. The molecule has 0 aliphatic carbocycles. The number of hydrogen-bond donors (Lipinski definition) is 0. The first-order valence-corrected chi connectivity index (χ1v) is 7.64. The predicted octanol–water partition coefficient (Wildman–Crippen LogP) is 5.23. The average molecular weight is 370 g/mol. The monoisotopic (exact) mass is 368 g/mol. The smallest absolute Gasteiger partial charge is 0.138 e. The predicted molar refractivity (Wildman–Crippen MR) is 82.3 cm³/mol. The lowest BCUT2D eigenvalue weighted by Crippen LogP contribution is -1.98. The Morgan fingerprint density at radius 1 is 1.06 bits per heavy atom. The summed E-state index contributed by atoms with van der Waals surface area (Å²) in [6.07, 6.45) is 0. The van der Waals surface area contributed by atoms with Crippen LogP contribution in [0.3, 0.4) is 0 Å². The number of benzene rings is 2. The van der Waals surface area contributed by atoms with E-state index in [1.807, 2.05) is 12.1 Å². The van der Waals surface area contributed by atoms with Gasteiger partial charge in [-0.1, -0.05) is 57.9 Å². The van der Waals surface area contributed by atoms with E-state index < -0.39 is 0 Å². The number of para-hydroxylation sites is 1. The van der Waals surface area contributed by atoms with E-state index in [4.69, 9.17) is 4.74 Å². The third-order valence-corrected chi connectivity index (χ3v) is 3.92. The second-order valence-corrected chi connectivity index (χ2v) is 5.55. The van der Waals surface area contributed by atoms with Crippen LogP contribution in [0, 0.1) is 6.92 Å². The van der Waals surface area contributed by atoms with Gasteiger partial charge in [-0.15, -0.1) is 0 Å². The highest BCUT2D eigenvalue weighted by molar-refractivity contribution is 9.10. The zero-order valence-corrected chi connectivity index (χ0v) is 13.3. The fourth-order valence-electron chi connectivity index (χ4n) is 1.66. The molecule has 2 rings (SSSR count). The van der Waals surface area contributed by atoms with E-state index in [0.717, 1.165) is 21.1 Å². The van der Waals surface area contributed by atoms with Crippen LogP contribution >= 0.6 is 31.9 Å². The molecule has 18 heavy (non-hydrogen) atoms. The molecular weight excluding hydrogens is 356 g/mol. The fraction of sp³-hybridized carbons (Fsp3) is 0.200. The molecule has 0 amide bonds. The van der Waals surface area contributed by atoms with Gasteiger partial charge < -0.3 is 4.74 Å². The van der Waals surface area contributed by atoms with Crippen LogP contribution in [0.25, 0.3) is 0 Å². The average Bonchev–Trinajstić information content (AvgIpc) is 2.39. The van der Waals surface area contributed by atoms with Crippen LogP contribution in [-0.4, -0.2) is 0 Å². The standard InChI is InChI=1S/C15H14Br2O/c1-11-5-7-12(8-6-11)10-18-15-13(9-16)3-2-4-14(15)17/h2-8H,9-10H2,1H3. The number of alkyl halides is 1. The molecule has 2 aromatic carbocycles. The minimum Gasteiger partial charge on any atom is -0.487 e. The Hall–Kier alpha value is -0.800. The molecular formula is C15H14Br2O. The largest absolute Gasteiger partial charge is 0.487 e. The first kappa shape index (κ1) is 13.6. The van der Waals surface area contributed by atoms with Gasteiger partial charge in [0, 0.05) is 10.9 Å². The first-order valence-electron chi connectivity index (χ1n) is 5.72. The maximum Gasteiger partial charge on any atom is 0.138 e. The first-order chi connectivity index (χ1) is 8.70. The van der Waals surface area contributed by atoms with Crippen LogP contribution in [0.2, 0.25) is 0 Å². The van der Waals surface area contributed by atoms with Crippen molar-refractivity contribution in [2.24, 2.45) is 0 Å². The van der Waals surface area contributed by atoms with Gasteiger partial charge in [-0.25, -0.2) is 0 Å². The molecule has 0 aliphatic rings. The van der Waals surface area contributed by atoms with E-state index in [-0.39, 0.29) is 0 Å². The fourth-order valence-corrected chi connectivity index (χ4v) is 2.62. The van der Waals surface area contributed by atoms with Crippen molar-refractivity contribution in [1.82, 2.24) is 0 Å². The molecule has 0 saturated carbocycles. The quantitative estimate of drug-likeness (QED) is 0.670. The topological polar surface area (TPSA) is 9.23 Å². The van der Waals surface area contributed by atoms with Crippen LogP contribution in [0.15, 0.2) is 46.9 Å². The highest BCUT2D eigenvalue weighted by atomic mass is 79.9. The molecule has 0 aromatic heterocycles. The molecule has 0 unspecified atom stereocenters. The van der Waals surface area contributed by atoms with Crippen molar-refractivity contribution in [3.63, 3.8) is 0 Å². The van der Waals surface area contributed by atoms with Crippen molar-refractivity contribution in [3.05, 3.63) is 63.6 Å². The summed E-state index contributed by atoms with van der Waals surface area (Å²) in [6, 6.07) is 14.5. The summed E-state index contributed by atoms with van der Waals surface area (Å²) >= 11 is 7.00. The number of aryl methyl sites for hydroxylation is 1. The third-order valence-electron chi connectivity index (χ3n) is 2.70. The molecule has 0 atom stereocenters. The van der Waals surface area contributed by atoms with Crippen molar-refractivity contribution in [3.8, 4) is 5.75 Å². The van der Waals surface area contributed by atoms with Gasteiger partial charge in [0.05, 0.1) is 4.47 Å². The summed E-state index contributed by atoms with van der Waals surface area (Å²) in [5.41, 5.74) is 3.59. The lowest BCUT2D eigenvalue weighted by Gasteiger charge is -2.12. The molecule has 0 aliphatic heterocycles. The van der Waals surface area contributed by atoms with Gasteiger partial charge in [-0.3, -0.25) is 0 Å². The van der Waals surface area contributed by atoms with E-state index in [9.17, 15) is 0 Å². The van der Waals surface area contributed by atoms with Crippen molar-refractivity contribution >= 4 is 31.9 Å². The molecule has 3 heteroatoms. The van der Waals surface area contributed by atoms with Gasteiger partial charge >= 0.3 is 0 Å². The van der Waals surface area contributed by atoms with Crippen LogP contribution in [0.1, 0.15) is 16.7 Å². The lowest BCUT2D eigenvalue weighted by atomic mass is 10.2. The van der Waals surface area contributed by atoms with Crippen molar-refractivity contribution in [2.45, 2.75) is 18.9 Å². The van der Waals surface area contributed by atoms with Gasteiger partial charge in [0.1, 0.15) is 12.4 Å². The maximum atomic E-state index is 5.91. The summed E-state index contributed by atoms with van der Waals surface area (Å²) in [5, 5.41) is 0.787. The zero-order chi connectivity index (χ0) is 13.0. The van der Waals surface area contributed by atoms with Gasteiger partial charge in [-0.2, -0.15) is 0 Å². The molecule has 0 saturated heterocycles. The molecule has 2 aromatic rings. The Morgan fingerprint density at radius 3 is 2.44 bits per heavy atom. The molecule has 0 bridgehead atoms. The van der Waals surface area contributed by atoms with Gasteiger partial charge in [0.15, 0.2) is 0 Å². The SMILES string of the molecule is Cc1ccc(COc2c(Br)cccc2CBr)cc1. The molecule has 94 valence electrons. The number of ether oxygens (including phenoxy) is 1. The number of hydrogen-bond acceptors (Lipinski definition) is 1.